The molecule has 34 heavy (non-hydrogen) atoms. The first-order chi connectivity index (χ1) is 15.7. The number of hydrogen-bond donors (Lipinski definition) is 1. The summed E-state index contributed by atoms with van der Waals surface area (Å²) in [5.41, 5.74) is 2.54. The molecule has 2 aliphatic rings. The smallest absolute Gasteiger partial charge is 0.315 e. The van der Waals surface area contributed by atoms with E-state index in [1.165, 1.54) is 0 Å². The minimum Gasteiger partial charge on any atom is -0.315 e. The second kappa shape index (κ2) is 10.5. The zero-order valence-electron chi connectivity index (χ0n) is 20.3. The SMILES string of the molecule is CC[C@@H](C)C(=O)Nc1ccc2c(n1)CN(C1CCC(C)(C)CC1)C(=O)N2c1cccc(Cl)c1.Cl. The van der Waals surface area contributed by atoms with Crippen LogP contribution >= 0.6 is 24.0 Å². The van der Waals surface area contributed by atoms with Gasteiger partial charge in [0.1, 0.15) is 5.82 Å². The highest BCUT2D eigenvalue weighted by molar-refractivity contribution is 6.31. The Hall–Kier alpha value is -2.31. The normalized spacial score (nSPS) is 18.7. The molecule has 0 radical (unpaired) electrons. The van der Waals surface area contributed by atoms with Crippen molar-refractivity contribution < 1.29 is 9.59 Å². The van der Waals surface area contributed by atoms with E-state index in [0.29, 0.717) is 28.5 Å². The third-order valence-corrected chi connectivity index (χ3v) is 7.31. The van der Waals surface area contributed by atoms with Gasteiger partial charge in [-0.3, -0.25) is 9.69 Å². The molecule has 184 valence electrons. The Morgan fingerprint density at radius 3 is 2.59 bits per heavy atom. The molecule has 1 aliphatic heterocycles. The summed E-state index contributed by atoms with van der Waals surface area (Å²) in [6, 6.07) is 11.1. The van der Waals surface area contributed by atoms with Crippen LogP contribution in [0.3, 0.4) is 0 Å². The maximum atomic E-state index is 13.8. The van der Waals surface area contributed by atoms with Gasteiger partial charge >= 0.3 is 6.03 Å². The number of anilines is 3. The van der Waals surface area contributed by atoms with Gasteiger partial charge in [-0.2, -0.15) is 0 Å². The molecule has 0 unspecified atom stereocenters. The Balaban J connectivity index is 0.00000324. The largest absolute Gasteiger partial charge is 0.329 e. The Bertz CT molecular complexity index is 1050. The van der Waals surface area contributed by atoms with Crippen molar-refractivity contribution in [3.8, 4) is 0 Å². The molecule has 6 nitrogen and oxygen atoms in total. The van der Waals surface area contributed by atoms with E-state index in [2.05, 4.69) is 19.2 Å². The van der Waals surface area contributed by atoms with E-state index in [1.54, 1.807) is 23.1 Å². The third-order valence-electron chi connectivity index (χ3n) is 7.08. The Kier molecular flexibility index (Phi) is 8.14. The van der Waals surface area contributed by atoms with Crippen molar-refractivity contribution in [2.75, 3.05) is 10.2 Å². The molecule has 1 aromatic heterocycles. The van der Waals surface area contributed by atoms with Crippen molar-refractivity contribution in [2.24, 2.45) is 11.3 Å². The summed E-state index contributed by atoms with van der Waals surface area (Å²) in [5, 5.41) is 3.50. The first-order valence-electron chi connectivity index (χ1n) is 11.9. The van der Waals surface area contributed by atoms with Crippen LogP contribution in [0.25, 0.3) is 0 Å². The molecule has 8 heteroatoms. The van der Waals surface area contributed by atoms with Gasteiger partial charge in [0.05, 0.1) is 23.6 Å². The number of rotatable bonds is 5. The zero-order chi connectivity index (χ0) is 23.8. The molecule has 2 aromatic rings. The van der Waals surface area contributed by atoms with Crippen LogP contribution in [0.5, 0.6) is 0 Å². The number of amides is 3. The molecule has 1 saturated carbocycles. The Labute approximate surface area is 213 Å². The average molecular weight is 505 g/mol. The number of nitrogens with zero attached hydrogens (tertiary/aromatic N) is 3. The van der Waals surface area contributed by atoms with Gasteiger partial charge in [0.15, 0.2) is 0 Å². The van der Waals surface area contributed by atoms with E-state index in [0.717, 1.165) is 43.5 Å². The summed E-state index contributed by atoms with van der Waals surface area (Å²) < 4.78 is 0. The molecular weight excluding hydrogens is 471 g/mol. The van der Waals surface area contributed by atoms with Gasteiger partial charge in [0.25, 0.3) is 0 Å². The predicted molar refractivity (Wildman–Crippen MR) is 140 cm³/mol. The fourth-order valence-electron chi connectivity index (χ4n) is 4.62. The molecule has 4 rings (SSSR count). The number of pyridine rings is 1. The molecule has 1 aromatic carbocycles. The van der Waals surface area contributed by atoms with Gasteiger partial charge in [-0.05, 0) is 67.9 Å². The predicted octanol–water partition coefficient (Wildman–Crippen LogP) is 7.18. The number of fused-ring (bicyclic) bond motifs is 1. The molecule has 1 fully saturated rings. The number of carbonyl (C=O) groups is 2. The van der Waals surface area contributed by atoms with Crippen LogP contribution in [-0.4, -0.2) is 27.9 Å². The van der Waals surface area contributed by atoms with Crippen molar-refractivity contribution in [1.29, 1.82) is 0 Å². The van der Waals surface area contributed by atoms with Gasteiger partial charge in [-0.15, -0.1) is 12.4 Å². The van der Waals surface area contributed by atoms with E-state index < -0.39 is 0 Å². The van der Waals surface area contributed by atoms with Crippen molar-refractivity contribution >= 4 is 53.1 Å². The number of halogens is 2. The fraction of sp³-hybridized carbons (Fsp3) is 0.500. The third kappa shape index (κ3) is 5.49. The molecule has 0 saturated heterocycles. The van der Waals surface area contributed by atoms with Gasteiger partial charge in [0, 0.05) is 17.0 Å². The van der Waals surface area contributed by atoms with Crippen molar-refractivity contribution in [3.63, 3.8) is 0 Å². The maximum absolute atomic E-state index is 13.8. The lowest BCUT2D eigenvalue weighted by molar-refractivity contribution is -0.119. The fourth-order valence-corrected chi connectivity index (χ4v) is 4.81. The van der Waals surface area contributed by atoms with Crippen molar-refractivity contribution in [2.45, 2.75) is 72.4 Å². The maximum Gasteiger partial charge on any atom is 0.329 e. The van der Waals surface area contributed by atoms with Crippen LogP contribution in [0.2, 0.25) is 5.02 Å². The topological polar surface area (TPSA) is 65.5 Å². The molecule has 3 amide bonds. The molecule has 1 aliphatic carbocycles. The number of nitrogens with one attached hydrogen (secondary N) is 1. The number of urea groups is 1. The first kappa shape index (κ1) is 26.3. The second-order valence-electron chi connectivity index (χ2n) is 10.1. The molecule has 1 N–H and O–H groups in total. The van der Waals surface area contributed by atoms with Crippen molar-refractivity contribution in [3.05, 3.63) is 47.1 Å². The van der Waals surface area contributed by atoms with Crippen LogP contribution in [0.4, 0.5) is 22.0 Å². The van der Waals surface area contributed by atoms with Gasteiger partial charge < -0.3 is 10.2 Å². The van der Waals surface area contributed by atoms with E-state index in [1.807, 2.05) is 36.9 Å². The quantitative estimate of drug-likeness (QED) is 0.468. The van der Waals surface area contributed by atoms with Crippen LogP contribution < -0.4 is 10.2 Å². The first-order valence-corrected chi connectivity index (χ1v) is 12.2. The summed E-state index contributed by atoms with van der Waals surface area (Å²) >= 11 is 6.27. The average Bonchev–Trinajstić information content (AvgIpc) is 2.78. The van der Waals surface area contributed by atoms with Crippen LogP contribution in [-0.2, 0) is 11.3 Å². The summed E-state index contributed by atoms with van der Waals surface area (Å²) in [4.78, 5) is 34.6. The van der Waals surface area contributed by atoms with Crippen LogP contribution in [0.1, 0.15) is 65.5 Å². The van der Waals surface area contributed by atoms with Crippen LogP contribution in [0.15, 0.2) is 36.4 Å². The Morgan fingerprint density at radius 1 is 1.24 bits per heavy atom. The van der Waals surface area contributed by atoms with Crippen LogP contribution in [0, 0.1) is 11.3 Å². The number of benzene rings is 1. The van der Waals surface area contributed by atoms with E-state index in [9.17, 15) is 9.59 Å². The molecule has 2 heterocycles. The highest BCUT2D eigenvalue weighted by Crippen LogP contribution is 2.41. The van der Waals surface area contributed by atoms with Gasteiger partial charge in [-0.1, -0.05) is 45.4 Å². The summed E-state index contributed by atoms with van der Waals surface area (Å²) in [5.74, 6) is 0.383. The van der Waals surface area contributed by atoms with E-state index >= 15 is 0 Å². The lowest BCUT2D eigenvalue weighted by atomic mass is 9.75. The summed E-state index contributed by atoms with van der Waals surface area (Å²) in [6.45, 7) is 8.91. The lowest BCUT2D eigenvalue weighted by Crippen LogP contribution is -2.51. The molecular formula is C26H34Cl2N4O2. The van der Waals surface area contributed by atoms with Crippen molar-refractivity contribution in [1.82, 2.24) is 9.88 Å². The minimum atomic E-state index is -0.0885. The minimum absolute atomic E-state index is 0. The Morgan fingerprint density at radius 2 is 1.94 bits per heavy atom. The summed E-state index contributed by atoms with van der Waals surface area (Å²) in [7, 11) is 0. The van der Waals surface area contributed by atoms with Gasteiger partial charge in [-0.25, -0.2) is 9.78 Å². The summed E-state index contributed by atoms with van der Waals surface area (Å²) in [6.07, 6.45) is 4.89. The molecule has 0 bridgehead atoms. The van der Waals surface area contributed by atoms with E-state index in [-0.39, 0.29) is 36.3 Å². The highest BCUT2D eigenvalue weighted by atomic mass is 35.5. The standard InChI is InChI=1S/C26H33ClN4O2.ClH/c1-5-17(2)24(32)29-23-10-9-22-21(28-23)16-30(19-11-13-26(3,4)14-12-19)25(33)31(22)20-8-6-7-18(27)15-20;/h6-10,15,17,19H,5,11-14,16H2,1-4H3,(H,28,29,32);1H/t17-;/m1./s1. The molecule has 0 spiro atoms. The number of hydrogen-bond acceptors (Lipinski definition) is 3. The zero-order valence-corrected chi connectivity index (χ0v) is 21.9. The monoisotopic (exact) mass is 504 g/mol. The lowest BCUT2D eigenvalue weighted by Gasteiger charge is -2.44. The number of aromatic nitrogens is 1. The number of carbonyl (C=O) groups excluding carboxylic acids is 2. The van der Waals surface area contributed by atoms with Gasteiger partial charge in [0.2, 0.25) is 5.91 Å². The molecule has 1 atom stereocenters. The highest BCUT2D eigenvalue weighted by Gasteiger charge is 2.39. The second-order valence-corrected chi connectivity index (χ2v) is 10.5. The van der Waals surface area contributed by atoms with E-state index in [4.69, 9.17) is 16.6 Å².